The molecule has 0 aliphatic rings. The van der Waals surface area contributed by atoms with Crippen LogP contribution in [0.3, 0.4) is 0 Å². The molecule has 0 aliphatic heterocycles. The summed E-state index contributed by atoms with van der Waals surface area (Å²) in [7, 11) is 1.55. The Balaban J connectivity index is 1.76. The number of furan rings is 1. The number of methoxy groups -OCH3 is 1. The first-order valence-electron chi connectivity index (χ1n) is 8.66. The molecule has 1 amide bonds. The number of thioether (sulfide) groups is 1. The molecule has 8 nitrogen and oxygen atoms in total. The summed E-state index contributed by atoms with van der Waals surface area (Å²) < 4.78 is 10.4. The maximum Gasteiger partial charge on any atom is 0.270 e. The third-order valence-corrected chi connectivity index (χ3v) is 4.93. The molecule has 9 heteroatoms. The van der Waals surface area contributed by atoms with Gasteiger partial charge < -0.3 is 19.5 Å². The van der Waals surface area contributed by atoms with E-state index < -0.39 is 5.56 Å². The van der Waals surface area contributed by atoms with Gasteiger partial charge in [-0.2, -0.15) is 5.26 Å². The van der Waals surface area contributed by atoms with Gasteiger partial charge in [0.25, 0.3) is 5.56 Å². The number of aromatic amines is 1. The largest absolute Gasteiger partial charge is 0.497 e. The van der Waals surface area contributed by atoms with Crippen molar-refractivity contribution in [2.45, 2.75) is 18.1 Å². The maximum absolute atomic E-state index is 12.3. The van der Waals surface area contributed by atoms with E-state index in [4.69, 9.17) is 9.15 Å². The number of aromatic nitrogens is 2. The number of hydrogen-bond donors (Lipinski definition) is 2. The minimum absolute atomic E-state index is 0.0436. The Labute approximate surface area is 170 Å². The minimum Gasteiger partial charge on any atom is -0.497 e. The highest BCUT2D eigenvalue weighted by atomic mass is 32.2. The van der Waals surface area contributed by atoms with E-state index >= 15 is 0 Å². The summed E-state index contributed by atoms with van der Waals surface area (Å²) in [6.45, 7) is 1.81. The molecule has 0 spiro atoms. The Bertz CT molecular complexity index is 1090. The van der Waals surface area contributed by atoms with Gasteiger partial charge in [0.1, 0.15) is 23.1 Å². The van der Waals surface area contributed by atoms with Gasteiger partial charge in [0.15, 0.2) is 5.16 Å². The van der Waals surface area contributed by atoms with Crippen LogP contribution >= 0.6 is 11.8 Å². The van der Waals surface area contributed by atoms with Crippen molar-refractivity contribution in [3.63, 3.8) is 0 Å². The number of amides is 1. The van der Waals surface area contributed by atoms with Gasteiger partial charge in [-0.15, -0.1) is 0 Å². The highest BCUT2D eigenvalue weighted by Gasteiger charge is 2.16. The summed E-state index contributed by atoms with van der Waals surface area (Å²) in [4.78, 5) is 31.4. The molecule has 2 N–H and O–H groups in total. The van der Waals surface area contributed by atoms with Gasteiger partial charge in [-0.25, -0.2) is 4.98 Å². The van der Waals surface area contributed by atoms with Gasteiger partial charge in [0, 0.05) is 5.56 Å². The van der Waals surface area contributed by atoms with Gasteiger partial charge in [-0.1, -0.05) is 11.8 Å². The number of benzene rings is 1. The summed E-state index contributed by atoms with van der Waals surface area (Å²) in [5, 5.41) is 12.4. The highest BCUT2D eigenvalue weighted by Crippen LogP contribution is 2.24. The number of H-pyrrole nitrogens is 1. The number of nitrogens with zero attached hydrogens (tertiary/aromatic N) is 2. The van der Waals surface area contributed by atoms with Crippen LogP contribution in [0.15, 0.2) is 57.0 Å². The Morgan fingerprint density at radius 1 is 1.38 bits per heavy atom. The first kappa shape index (κ1) is 20.2. The molecule has 0 aliphatic carbocycles. The summed E-state index contributed by atoms with van der Waals surface area (Å²) in [5.41, 5.74) is 0.215. The SMILES string of the molecule is COc1ccc(-c2nc(SCC(=O)NC(C)c3ccco3)[nH]c(=O)c2C#N)cc1. The molecule has 0 saturated carbocycles. The van der Waals surface area contributed by atoms with Gasteiger partial charge in [-0.3, -0.25) is 9.59 Å². The number of hydrogen-bond acceptors (Lipinski definition) is 7. The summed E-state index contributed by atoms with van der Waals surface area (Å²) in [6, 6.07) is 12.0. The molecule has 148 valence electrons. The third-order valence-electron chi connectivity index (χ3n) is 4.06. The van der Waals surface area contributed by atoms with E-state index in [1.807, 2.05) is 13.0 Å². The van der Waals surface area contributed by atoms with Crippen molar-refractivity contribution >= 4 is 17.7 Å². The average molecular weight is 410 g/mol. The van der Waals surface area contributed by atoms with Crippen LogP contribution in [-0.2, 0) is 4.79 Å². The lowest BCUT2D eigenvalue weighted by atomic mass is 10.1. The molecule has 1 unspecified atom stereocenters. The topological polar surface area (TPSA) is 121 Å². The molecule has 2 aromatic heterocycles. The fraction of sp³-hybridized carbons (Fsp3) is 0.200. The van der Waals surface area contributed by atoms with E-state index in [1.165, 1.54) is 0 Å². The Morgan fingerprint density at radius 2 is 2.14 bits per heavy atom. The Hall–Kier alpha value is -3.51. The van der Waals surface area contributed by atoms with Crippen molar-refractivity contribution in [3.05, 3.63) is 64.3 Å². The van der Waals surface area contributed by atoms with Crippen LogP contribution in [0.5, 0.6) is 5.75 Å². The molecule has 2 heterocycles. The van der Waals surface area contributed by atoms with Crippen LogP contribution in [0.1, 0.15) is 24.3 Å². The van der Waals surface area contributed by atoms with E-state index in [2.05, 4.69) is 15.3 Å². The quantitative estimate of drug-likeness (QED) is 0.454. The molecule has 3 rings (SSSR count). The molecule has 1 aromatic carbocycles. The number of nitrogens with one attached hydrogen (secondary N) is 2. The van der Waals surface area contributed by atoms with Gasteiger partial charge >= 0.3 is 0 Å². The molecule has 1 atom stereocenters. The number of ether oxygens (including phenoxy) is 1. The van der Waals surface area contributed by atoms with Crippen LogP contribution in [0, 0.1) is 11.3 Å². The minimum atomic E-state index is -0.555. The second kappa shape index (κ2) is 9.12. The number of rotatable bonds is 7. The smallest absolute Gasteiger partial charge is 0.270 e. The summed E-state index contributed by atoms with van der Waals surface area (Å²) >= 11 is 1.07. The zero-order valence-corrected chi connectivity index (χ0v) is 16.6. The van der Waals surface area contributed by atoms with E-state index in [0.717, 1.165) is 11.8 Å². The standard InChI is InChI=1S/C20H18N4O4S/c1-12(16-4-3-9-28-16)22-17(25)11-29-20-23-18(15(10-21)19(26)24-20)13-5-7-14(27-2)8-6-13/h3-9,12H,11H2,1-2H3,(H,22,25)(H,23,24,26). The number of carbonyl (C=O) groups is 1. The lowest BCUT2D eigenvalue weighted by Crippen LogP contribution is -2.28. The molecule has 0 fully saturated rings. The van der Waals surface area contributed by atoms with Crippen LogP contribution in [0.2, 0.25) is 0 Å². The van der Waals surface area contributed by atoms with E-state index in [-0.39, 0.29) is 34.1 Å². The molecule has 29 heavy (non-hydrogen) atoms. The predicted octanol–water partition coefficient (Wildman–Crippen LogP) is 2.88. The second-order valence-electron chi connectivity index (χ2n) is 6.03. The number of nitriles is 1. The predicted molar refractivity (Wildman–Crippen MR) is 108 cm³/mol. The Morgan fingerprint density at radius 3 is 2.76 bits per heavy atom. The van der Waals surface area contributed by atoms with E-state index in [1.54, 1.807) is 49.8 Å². The average Bonchev–Trinajstić information content (AvgIpc) is 3.27. The molecular formula is C20H18N4O4S. The molecular weight excluding hydrogens is 392 g/mol. The first-order valence-corrected chi connectivity index (χ1v) is 9.64. The third kappa shape index (κ3) is 4.86. The second-order valence-corrected chi connectivity index (χ2v) is 6.99. The molecule has 3 aromatic rings. The zero-order valence-electron chi connectivity index (χ0n) is 15.8. The van der Waals surface area contributed by atoms with E-state index in [0.29, 0.717) is 17.1 Å². The van der Waals surface area contributed by atoms with Gasteiger partial charge in [-0.05, 0) is 43.3 Å². The molecule has 0 radical (unpaired) electrons. The van der Waals surface area contributed by atoms with Crippen LogP contribution in [0.4, 0.5) is 0 Å². The van der Waals surface area contributed by atoms with Crippen LogP contribution < -0.4 is 15.6 Å². The lowest BCUT2D eigenvalue weighted by Gasteiger charge is -2.11. The van der Waals surface area contributed by atoms with Crippen molar-refractivity contribution in [2.75, 3.05) is 12.9 Å². The fourth-order valence-corrected chi connectivity index (χ4v) is 3.28. The Kier molecular flexibility index (Phi) is 6.36. The summed E-state index contributed by atoms with van der Waals surface area (Å²) in [5.74, 6) is 1.10. The van der Waals surface area contributed by atoms with Crippen molar-refractivity contribution in [3.8, 4) is 23.1 Å². The van der Waals surface area contributed by atoms with E-state index in [9.17, 15) is 14.9 Å². The van der Waals surface area contributed by atoms with Gasteiger partial charge in [0.05, 0.1) is 30.9 Å². The highest BCUT2D eigenvalue weighted by molar-refractivity contribution is 7.99. The van der Waals surface area contributed by atoms with Gasteiger partial charge in [0.2, 0.25) is 5.91 Å². The number of carbonyl (C=O) groups excluding carboxylic acids is 1. The monoisotopic (exact) mass is 410 g/mol. The normalized spacial score (nSPS) is 11.5. The lowest BCUT2D eigenvalue weighted by molar-refractivity contribution is -0.119. The maximum atomic E-state index is 12.3. The molecule has 0 saturated heterocycles. The van der Waals surface area contributed by atoms with Crippen molar-refractivity contribution in [1.82, 2.24) is 15.3 Å². The van der Waals surface area contributed by atoms with Crippen molar-refractivity contribution in [2.24, 2.45) is 0 Å². The van der Waals surface area contributed by atoms with Crippen LogP contribution in [-0.4, -0.2) is 28.7 Å². The van der Waals surface area contributed by atoms with Crippen molar-refractivity contribution < 1.29 is 13.9 Å². The van der Waals surface area contributed by atoms with Crippen molar-refractivity contribution in [1.29, 1.82) is 5.26 Å². The fourth-order valence-electron chi connectivity index (χ4n) is 2.61. The summed E-state index contributed by atoms with van der Waals surface area (Å²) in [6.07, 6.45) is 1.54. The first-order chi connectivity index (χ1) is 14.0. The zero-order chi connectivity index (χ0) is 20.8. The van der Waals surface area contributed by atoms with Crippen LogP contribution in [0.25, 0.3) is 11.3 Å². The molecule has 0 bridgehead atoms.